The van der Waals surface area contributed by atoms with Crippen LogP contribution in [0.1, 0.15) is 34.2 Å². The average Bonchev–Trinajstić information content (AvgIpc) is 3.41. The Kier molecular flexibility index (Phi) is 6.07. The van der Waals surface area contributed by atoms with Gasteiger partial charge in [-0.2, -0.15) is 4.98 Å². The number of aromatic amines is 1. The van der Waals surface area contributed by atoms with Gasteiger partial charge in [0.2, 0.25) is 11.9 Å². The van der Waals surface area contributed by atoms with E-state index in [0.29, 0.717) is 42.3 Å². The van der Waals surface area contributed by atoms with E-state index in [4.69, 9.17) is 9.47 Å². The topological polar surface area (TPSA) is 109 Å². The fourth-order valence-corrected chi connectivity index (χ4v) is 3.71. The molecule has 1 aliphatic rings. The largest absolute Gasteiger partial charge is 0.493 e. The molecule has 2 aromatic carbocycles. The first kappa shape index (κ1) is 21.4. The van der Waals surface area contributed by atoms with E-state index in [0.717, 1.165) is 11.1 Å². The molecule has 4 rings (SSSR count). The first-order chi connectivity index (χ1) is 15.5. The van der Waals surface area contributed by atoms with Crippen LogP contribution in [-0.2, 0) is 24.2 Å². The number of methoxy groups -OCH3 is 2. The average molecular weight is 435 g/mol. The van der Waals surface area contributed by atoms with E-state index in [1.54, 1.807) is 32.1 Å². The molecule has 3 aromatic rings. The molecule has 0 aliphatic carbocycles. The van der Waals surface area contributed by atoms with E-state index in [-0.39, 0.29) is 17.8 Å². The van der Waals surface area contributed by atoms with E-state index >= 15 is 0 Å². The molecular formula is C23H25N5O4. The van der Waals surface area contributed by atoms with E-state index in [2.05, 4.69) is 20.5 Å². The maximum absolute atomic E-state index is 12.7. The molecule has 2 heterocycles. The third-order valence-corrected chi connectivity index (χ3v) is 5.56. The molecule has 9 heteroatoms. The molecule has 1 aromatic heterocycles. The lowest BCUT2D eigenvalue weighted by Crippen LogP contribution is -2.42. The number of amides is 2. The summed E-state index contributed by atoms with van der Waals surface area (Å²) in [7, 11) is 3.20. The number of aromatic nitrogens is 3. The normalized spacial score (nSPS) is 13.6. The molecule has 2 N–H and O–H groups in total. The number of carbonyl (C=O) groups excluding carboxylic acids is 2. The molecule has 0 fully saturated rings. The summed E-state index contributed by atoms with van der Waals surface area (Å²) < 4.78 is 10.6. The standard InChI is InChI=1S/C23H25N5O4/c1-14(28-13-16-6-4-5-7-17(16)22(28)30)21(29)25-23-24-20(26-27-23)11-9-15-8-10-18(31-2)19(12-15)32-3/h4-8,10,12,14H,9,11,13H2,1-3H3,(H2,24,25,26,27,29). The van der Waals surface area contributed by atoms with Crippen molar-refractivity contribution >= 4 is 17.8 Å². The van der Waals surface area contributed by atoms with Crippen LogP contribution in [0.2, 0.25) is 0 Å². The van der Waals surface area contributed by atoms with E-state index in [1.165, 1.54) is 0 Å². The predicted molar refractivity (Wildman–Crippen MR) is 118 cm³/mol. The van der Waals surface area contributed by atoms with E-state index in [9.17, 15) is 9.59 Å². The van der Waals surface area contributed by atoms with Gasteiger partial charge in [-0.15, -0.1) is 5.10 Å². The van der Waals surface area contributed by atoms with Crippen molar-refractivity contribution in [2.45, 2.75) is 32.4 Å². The summed E-state index contributed by atoms with van der Waals surface area (Å²) in [6.45, 7) is 2.11. The number of rotatable bonds is 8. The van der Waals surface area contributed by atoms with Crippen molar-refractivity contribution in [1.29, 1.82) is 0 Å². The van der Waals surface area contributed by atoms with Crippen LogP contribution in [-0.4, -0.2) is 52.2 Å². The predicted octanol–water partition coefficient (Wildman–Crippen LogP) is 2.59. The molecule has 0 spiro atoms. The fraction of sp³-hybridized carbons (Fsp3) is 0.304. The zero-order chi connectivity index (χ0) is 22.7. The maximum Gasteiger partial charge on any atom is 0.255 e. The number of fused-ring (bicyclic) bond motifs is 1. The highest BCUT2D eigenvalue weighted by atomic mass is 16.5. The van der Waals surface area contributed by atoms with E-state index in [1.807, 2.05) is 36.4 Å². The summed E-state index contributed by atoms with van der Waals surface area (Å²) in [6, 6.07) is 12.5. The van der Waals surface area contributed by atoms with Gasteiger partial charge in [0, 0.05) is 18.5 Å². The molecular weight excluding hydrogens is 410 g/mol. The van der Waals surface area contributed by atoms with Crippen molar-refractivity contribution in [3.63, 3.8) is 0 Å². The Balaban J connectivity index is 1.34. The molecule has 0 saturated carbocycles. The monoisotopic (exact) mass is 435 g/mol. The van der Waals surface area contributed by atoms with Gasteiger partial charge in [-0.1, -0.05) is 24.3 Å². The van der Waals surface area contributed by atoms with Gasteiger partial charge in [-0.25, -0.2) is 0 Å². The Morgan fingerprint density at radius 1 is 1.16 bits per heavy atom. The molecule has 1 aliphatic heterocycles. The van der Waals surface area contributed by atoms with Gasteiger partial charge < -0.3 is 14.4 Å². The number of ether oxygens (including phenoxy) is 2. The first-order valence-corrected chi connectivity index (χ1v) is 10.3. The van der Waals surface area contributed by atoms with Gasteiger partial charge in [-0.05, 0) is 42.7 Å². The Bertz CT molecular complexity index is 1140. The van der Waals surface area contributed by atoms with Crippen molar-refractivity contribution in [2.24, 2.45) is 0 Å². The van der Waals surface area contributed by atoms with Crippen LogP contribution >= 0.6 is 0 Å². The summed E-state index contributed by atoms with van der Waals surface area (Å²) in [4.78, 5) is 31.2. The van der Waals surface area contributed by atoms with E-state index < -0.39 is 6.04 Å². The number of anilines is 1. The van der Waals surface area contributed by atoms with Crippen LogP contribution in [0.5, 0.6) is 11.5 Å². The minimum atomic E-state index is -0.649. The number of carbonyl (C=O) groups is 2. The molecule has 166 valence electrons. The number of aryl methyl sites for hydroxylation is 2. The number of benzene rings is 2. The Labute approximate surface area is 185 Å². The second kappa shape index (κ2) is 9.09. The van der Waals surface area contributed by atoms with Crippen molar-refractivity contribution in [3.05, 3.63) is 65.0 Å². The Morgan fingerprint density at radius 3 is 2.69 bits per heavy atom. The SMILES string of the molecule is COc1ccc(CCc2nc(NC(=O)C(C)N3Cc4ccccc4C3=O)n[nH]2)cc1OC. The second-order valence-electron chi connectivity index (χ2n) is 7.55. The third-order valence-electron chi connectivity index (χ3n) is 5.56. The highest BCUT2D eigenvalue weighted by Crippen LogP contribution is 2.28. The molecule has 0 radical (unpaired) electrons. The quantitative estimate of drug-likeness (QED) is 0.563. The lowest BCUT2D eigenvalue weighted by atomic mass is 10.1. The summed E-state index contributed by atoms with van der Waals surface area (Å²) >= 11 is 0. The number of nitrogens with zero attached hydrogens (tertiary/aromatic N) is 3. The zero-order valence-electron chi connectivity index (χ0n) is 18.2. The number of hydrogen-bond acceptors (Lipinski definition) is 6. The van der Waals surface area contributed by atoms with Crippen molar-refractivity contribution in [3.8, 4) is 11.5 Å². The highest BCUT2D eigenvalue weighted by molar-refractivity contribution is 6.03. The van der Waals surface area contributed by atoms with Gasteiger partial charge in [0.15, 0.2) is 11.5 Å². The van der Waals surface area contributed by atoms with Gasteiger partial charge >= 0.3 is 0 Å². The van der Waals surface area contributed by atoms with Gasteiger partial charge in [0.05, 0.1) is 14.2 Å². The number of H-pyrrole nitrogens is 1. The number of hydrogen-bond donors (Lipinski definition) is 2. The Hall–Kier alpha value is -3.88. The summed E-state index contributed by atoms with van der Waals surface area (Å²) in [6.07, 6.45) is 1.31. The summed E-state index contributed by atoms with van der Waals surface area (Å²) in [5, 5.41) is 9.63. The van der Waals surface area contributed by atoms with Crippen molar-refractivity contribution < 1.29 is 19.1 Å². The van der Waals surface area contributed by atoms with Crippen LogP contribution in [0, 0.1) is 0 Å². The number of nitrogens with one attached hydrogen (secondary N) is 2. The minimum absolute atomic E-state index is 0.145. The molecule has 0 saturated heterocycles. The molecule has 0 bridgehead atoms. The van der Waals surface area contributed by atoms with Gasteiger partial charge in [-0.3, -0.25) is 20.0 Å². The molecule has 32 heavy (non-hydrogen) atoms. The lowest BCUT2D eigenvalue weighted by Gasteiger charge is -2.22. The molecule has 9 nitrogen and oxygen atoms in total. The lowest BCUT2D eigenvalue weighted by molar-refractivity contribution is -0.120. The molecule has 1 unspecified atom stereocenters. The van der Waals surface area contributed by atoms with Crippen LogP contribution in [0.4, 0.5) is 5.95 Å². The van der Waals surface area contributed by atoms with Crippen molar-refractivity contribution in [2.75, 3.05) is 19.5 Å². The zero-order valence-corrected chi connectivity index (χ0v) is 18.2. The summed E-state index contributed by atoms with van der Waals surface area (Å²) in [5.41, 5.74) is 2.63. The highest BCUT2D eigenvalue weighted by Gasteiger charge is 2.33. The fourth-order valence-electron chi connectivity index (χ4n) is 3.71. The van der Waals surface area contributed by atoms with Crippen molar-refractivity contribution in [1.82, 2.24) is 20.1 Å². The minimum Gasteiger partial charge on any atom is -0.493 e. The molecule has 1 atom stereocenters. The second-order valence-corrected chi connectivity index (χ2v) is 7.55. The Morgan fingerprint density at radius 2 is 1.94 bits per heavy atom. The maximum atomic E-state index is 12.7. The van der Waals surface area contributed by atoms with Gasteiger partial charge in [0.25, 0.3) is 5.91 Å². The third kappa shape index (κ3) is 4.27. The molecule has 2 amide bonds. The summed E-state index contributed by atoms with van der Waals surface area (Å²) in [5.74, 6) is 1.70. The van der Waals surface area contributed by atoms with Crippen LogP contribution in [0.15, 0.2) is 42.5 Å². The smallest absolute Gasteiger partial charge is 0.255 e. The van der Waals surface area contributed by atoms with Crippen LogP contribution in [0.3, 0.4) is 0 Å². The van der Waals surface area contributed by atoms with Gasteiger partial charge in [0.1, 0.15) is 11.9 Å². The van der Waals surface area contributed by atoms with Crippen LogP contribution in [0.25, 0.3) is 0 Å². The first-order valence-electron chi connectivity index (χ1n) is 10.3. The van der Waals surface area contributed by atoms with Crippen LogP contribution < -0.4 is 14.8 Å².